The lowest BCUT2D eigenvalue weighted by molar-refractivity contribution is -0.384. The summed E-state index contributed by atoms with van der Waals surface area (Å²) in [7, 11) is 0. The van der Waals surface area contributed by atoms with Crippen molar-refractivity contribution in [1.29, 1.82) is 0 Å². The number of nitrogens with zero attached hydrogens (tertiary/aromatic N) is 3. The van der Waals surface area contributed by atoms with Gasteiger partial charge in [0, 0.05) is 22.7 Å². The smallest absolute Gasteiger partial charge is 0.313 e. The molecular formula is C10H7ClN4O4S. The number of non-ortho nitro benzene ring substituents is 1. The zero-order valence-corrected chi connectivity index (χ0v) is 11.3. The number of nitro groups is 1. The highest BCUT2D eigenvalue weighted by molar-refractivity contribution is 7.99. The summed E-state index contributed by atoms with van der Waals surface area (Å²) in [5, 5.41) is 26.1. The number of H-pyrrole nitrogens is 1. The van der Waals surface area contributed by atoms with Gasteiger partial charge in [0.1, 0.15) is 0 Å². The zero-order valence-electron chi connectivity index (χ0n) is 9.74. The van der Waals surface area contributed by atoms with Crippen LogP contribution in [0.25, 0.3) is 11.4 Å². The average molecular weight is 315 g/mol. The summed E-state index contributed by atoms with van der Waals surface area (Å²) in [5.41, 5.74) is 0.238. The summed E-state index contributed by atoms with van der Waals surface area (Å²) in [6, 6.07) is 4.03. The van der Waals surface area contributed by atoms with Crippen LogP contribution < -0.4 is 0 Å². The number of aromatic nitrogens is 3. The third-order valence-corrected chi connectivity index (χ3v) is 3.21. The molecule has 0 fully saturated rings. The maximum Gasteiger partial charge on any atom is 0.313 e. The number of carboxylic acid groups (broad SMARTS) is 1. The molecule has 0 bridgehead atoms. The van der Waals surface area contributed by atoms with Crippen molar-refractivity contribution in [2.24, 2.45) is 0 Å². The van der Waals surface area contributed by atoms with E-state index >= 15 is 0 Å². The van der Waals surface area contributed by atoms with Gasteiger partial charge in [-0.05, 0) is 6.07 Å². The Labute approximate surface area is 121 Å². The molecule has 104 valence electrons. The van der Waals surface area contributed by atoms with Crippen LogP contribution in [0.3, 0.4) is 0 Å². The molecule has 0 amide bonds. The number of aromatic amines is 1. The Morgan fingerprint density at radius 2 is 2.25 bits per heavy atom. The highest BCUT2D eigenvalue weighted by atomic mass is 35.5. The lowest BCUT2D eigenvalue weighted by atomic mass is 10.2. The molecule has 1 aromatic carbocycles. The second kappa shape index (κ2) is 5.88. The van der Waals surface area contributed by atoms with Gasteiger partial charge in [0.15, 0.2) is 5.82 Å². The number of nitro benzene ring substituents is 1. The predicted octanol–water partition coefficient (Wildman–Crippen LogP) is 2.21. The topological polar surface area (TPSA) is 122 Å². The van der Waals surface area contributed by atoms with Crippen molar-refractivity contribution in [3.63, 3.8) is 0 Å². The number of hydrogen-bond donors (Lipinski definition) is 2. The van der Waals surface area contributed by atoms with Gasteiger partial charge in [0.2, 0.25) is 5.16 Å². The van der Waals surface area contributed by atoms with Gasteiger partial charge in [0.05, 0.1) is 10.7 Å². The maximum atomic E-state index is 10.8. The standard InChI is InChI=1S/C10H7ClN4O4S/c11-6-1-5(2-7(3-6)15(18)19)9-12-10(14-13-9)20-4-8(16)17/h1-3H,4H2,(H,16,17)(H,12,13,14). The molecule has 1 heterocycles. The summed E-state index contributed by atoms with van der Waals surface area (Å²) < 4.78 is 0. The lowest BCUT2D eigenvalue weighted by Gasteiger charge is -1.98. The van der Waals surface area contributed by atoms with Crippen LogP contribution in [-0.2, 0) is 4.79 Å². The van der Waals surface area contributed by atoms with Crippen molar-refractivity contribution in [2.75, 3.05) is 5.75 Å². The summed E-state index contributed by atoms with van der Waals surface area (Å²) >= 11 is 6.74. The molecule has 0 atom stereocenters. The van der Waals surface area contributed by atoms with E-state index in [-0.39, 0.29) is 27.4 Å². The van der Waals surface area contributed by atoms with E-state index < -0.39 is 10.9 Å². The van der Waals surface area contributed by atoms with Gasteiger partial charge in [-0.1, -0.05) is 23.4 Å². The van der Waals surface area contributed by atoms with E-state index in [1.165, 1.54) is 18.2 Å². The molecule has 2 rings (SSSR count). The third kappa shape index (κ3) is 3.45. The molecule has 20 heavy (non-hydrogen) atoms. The van der Waals surface area contributed by atoms with Crippen molar-refractivity contribution < 1.29 is 14.8 Å². The van der Waals surface area contributed by atoms with Gasteiger partial charge in [-0.3, -0.25) is 20.0 Å². The van der Waals surface area contributed by atoms with Gasteiger partial charge >= 0.3 is 5.97 Å². The van der Waals surface area contributed by atoms with E-state index in [1.54, 1.807) is 0 Å². The van der Waals surface area contributed by atoms with E-state index in [9.17, 15) is 14.9 Å². The number of carboxylic acids is 1. The van der Waals surface area contributed by atoms with Crippen LogP contribution in [0.4, 0.5) is 5.69 Å². The predicted molar refractivity (Wildman–Crippen MR) is 71.8 cm³/mol. The van der Waals surface area contributed by atoms with Crippen LogP contribution in [0.5, 0.6) is 0 Å². The molecule has 2 aromatic rings. The van der Waals surface area contributed by atoms with Crippen molar-refractivity contribution in [3.05, 3.63) is 33.3 Å². The van der Waals surface area contributed by atoms with Gasteiger partial charge in [0.25, 0.3) is 5.69 Å². The number of halogens is 1. The number of nitrogens with one attached hydrogen (secondary N) is 1. The first-order valence-electron chi connectivity index (χ1n) is 5.18. The summed E-state index contributed by atoms with van der Waals surface area (Å²) in [4.78, 5) is 24.7. The fourth-order valence-electron chi connectivity index (χ4n) is 1.38. The van der Waals surface area contributed by atoms with Crippen LogP contribution in [0.1, 0.15) is 0 Å². The second-order valence-corrected chi connectivity index (χ2v) is 4.98. The summed E-state index contributed by atoms with van der Waals surface area (Å²) in [6.07, 6.45) is 0. The van der Waals surface area contributed by atoms with Crippen molar-refractivity contribution in [2.45, 2.75) is 5.16 Å². The molecule has 0 spiro atoms. The van der Waals surface area contributed by atoms with E-state index in [2.05, 4.69) is 15.2 Å². The Bertz CT molecular complexity index is 675. The largest absolute Gasteiger partial charge is 0.481 e. The Morgan fingerprint density at radius 1 is 1.50 bits per heavy atom. The fourth-order valence-corrected chi connectivity index (χ4v) is 2.13. The quantitative estimate of drug-likeness (QED) is 0.492. The molecule has 2 N–H and O–H groups in total. The zero-order chi connectivity index (χ0) is 14.7. The Morgan fingerprint density at radius 3 is 2.90 bits per heavy atom. The van der Waals surface area contributed by atoms with Gasteiger partial charge in [-0.2, -0.15) is 0 Å². The Kier molecular flexibility index (Phi) is 4.20. The molecule has 0 radical (unpaired) electrons. The first-order chi connectivity index (χ1) is 9.45. The number of hydrogen-bond acceptors (Lipinski definition) is 6. The van der Waals surface area contributed by atoms with Crippen LogP contribution in [0.2, 0.25) is 5.02 Å². The van der Waals surface area contributed by atoms with E-state index in [1.807, 2.05) is 0 Å². The molecule has 0 saturated carbocycles. The van der Waals surface area contributed by atoms with Crippen molar-refractivity contribution in [1.82, 2.24) is 15.2 Å². The number of aliphatic carboxylic acids is 1. The molecule has 0 aliphatic rings. The first kappa shape index (κ1) is 14.3. The third-order valence-electron chi connectivity index (χ3n) is 2.16. The fraction of sp³-hybridized carbons (Fsp3) is 0.100. The minimum absolute atomic E-state index is 0.163. The minimum Gasteiger partial charge on any atom is -0.481 e. The monoisotopic (exact) mass is 314 g/mol. The highest BCUT2D eigenvalue weighted by Crippen LogP contribution is 2.27. The number of thioether (sulfide) groups is 1. The highest BCUT2D eigenvalue weighted by Gasteiger charge is 2.13. The number of carbonyl (C=O) groups is 1. The van der Waals surface area contributed by atoms with Gasteiger partial charge < -0.3 is 5.11 Å². The van der Waals surface area contributed by atoms with Crippen LogP contribution in [-0.4, -0.2) is 36.9 Å². The number of benzene rings is 1. The molecule has 1 aromatic heterocycles. The molecule has 8 nitrogen and oxygen atoms in total. The normalized spacial score (nSPS) is 10.4. The van der Waals surface area contributed by atoms with Crippen LogP contribution >= 0.6 is 23.4 Å². The van der Waals surface area contributed by atoms with Gasteiger partial charge in [-0.25, -0.2) is 4.98 Å². The molecule has 0 saturated heterocycles. The van der Waals surface area contributed by atoms with E-state index in [0.717, 1.165) is 11.8 Å². The maximum absolute atomic E-state index is 10.8. The molecule has 0 aliphatic heterocycles. The van der Waals surface area contributed by atoms with E-state index in [4.69, 9.17) is 16.7 Å². The SMILES string of the molecule is O=C(O)CSc1n[nH]c(-c2cc(Cl)cc([N+](=O)[O-])c2)n1. The Hall–Kier alpha value is -2.13. The van der Waals surface area contributed by atoms with Crippen molar-refractivity contribution in [3.8, 4) is 11.4 Å². The molecular weight excluding hydrogens is 308 g/mol. The lowest BCUT2D eigenvalue weighted by Crippen LogP contribution is -1.97. The van der Waals surface area contributed by atoms with Crippen LogP contribution in [0, 0.1) is 10.1 Å². The summed E-state index contributed by atoms with van der Waals surface area (Å²) in [6.45, 7) is 0. The van der Waals surface area contributed by atoms with E-state index in [0.29, 0.717) is 5.56 Å². The van der Waals surface area contributed by atoms with Gasteiger partial charge in [-0.15, -0.1) is 5.10 Å². The minimum atomic E-state index is -0.986. The Balaban J connectivity index is 2.27. The number of rotatable bonds is 5. The average Bonchev–Trinajstić information content (AvgIpc) is 2.84. The molecule has 0 unspecified atom stereocenters. The molecule has 10 heteroatoms. The summed E-state index contributed by atoms with van der Waals surface area (Å²) in [5.74, 6) is -0.879. The van der Waals surface area contributed by atoms with Crippen molar-refractivity contribution >= 4 is 35.0 Å². The second-order valence-electron chi connectivity index (χ2n) is 3.60. The van der Waals surface area contributed by atoms with Crippen LogP contribution in [0.15, 0.2) is 23.4 Å². The molecule has 0 aliphatic carbocycles. The first-order valence-corrected chi connectivity index (χ1v) is 6.54.